The van der Waals surface area contributed by atoms with Gasteiger partial charge < -0.3 is 5.32 Å². The maximum absolute atomic E-state index is 13.1. The van der Waals surface area contributed by atoms with E-state index in [1.807, 2.05) is 47.6 Å². The molecule has 2 aromatic rings. The van der Waals surface area contributed by atoms with Crippen LogP contribution in [0.4, 0.5) is 5.69 Å². The SMILES string of the molecule is CSc1ccccc1NC(=O)CN1CCN(S(=O)(=O)c2ccc3c(c2)CCCC3)CC1. The summed E-state index contributed by atoms with van der Waals surface area (Å²) in [6.45, 7) is 2.14. The molecule has 2 aromatic carbocycles. The Bertz CT molecular complexity index is 1050. The maximum atomic E-state index is 13.1. The molecule has 0 aromatic heterocycles. The van der Waals surface area contributed by atoms with Gasteiger partial charge in [-0.25, -0.2) is 8.42 Å². The van der Waals surface area contributed by atoms with Crippen molar-refractivity contribution in [2.75, 3.05) is 44.3 Å². The van der Waals surface area contributed by atoms with Crippen LogP contribution < -0.4 is 5.32 Å². The number of para-hydroxylation sites is 1. The van der Waals surface area contributed by atoms with Crippen molar-refractivity contribution in [2.24, 2.45) is 0 Å². The van der Waals surface area contributed by atoms with Crippen molar-refractivity contribution in [3.63, 3.8) is 0 Å². The van der Waals surface area contributed by atoms with E-state index in [0.717, 1.165) is 29.8 Å². The number of hydrogen-bond acceptors (Lipinski definition) is 5. The first kappa shape index (κ1) is 22.3. The standard InChI is InChI=1S/C23H29N3O3S2/c1-30-22-9-5-4-8-21(22)24-23(27)17-25-12-14-26(15-13-25)31(28,29)20-11-10-18-6-2-3-7-19(18)16-20/h4-5,8-11,16H,2-3,6-7,12-15,17H2,1H3,(H,24,27). The van der Waals surface area contributed by atoms with Crippen molar-refractivity contribution in [3.8, 4) is 0 Å². The van der Waals surface area contributed by atoms with Crippen LogP contribution in [0.25, 0.3) is 0 Å². The van der Waals surface area contributed by atoms with E-state index in [4.69, 9.17) is 0 Å². The monoisotopic (exact) mass is 459 g/mol. The molecule has 6 nitrogen and oxygen atoms in total. The molecule has 0 saturated carbocycles. The quantitative estimate of drug-likeness (QED) is 0.672. The Labute approximate surface area is 189 Å². The molecule has 1 saturated heterocycles. The van der Waals surface area contributed by atoms with Crippen LogP contribution in [0.1, 0.15) is 24.0 Å². The van der Waals surface area contributed by atoms with E-state index in [0.29, 0.717) is 31.1 Å². The highest BCUT2D eigenvalue weighted by atomic mass is 32.2. The number of amides is 1. The lowest BCUT2D eigenvalue weighted by molar-refractivity contribution is -0.117. The molecule has 4 rings (SSSR count). The number of benzene rings is 2. The van der Waals surface area contributed by atoms with E-state index in [1.54, 1.807) is 22.1 Å². The number of hydrogen-bond donors (Lipinski definition) is 1. The molecular weight excluding hydrogens is 430 g/mol. The molecule has 2 aliphatic rings. The number of piperazine rings is 1. The second kappa shape index (κ2) is 9.73. The number of anilines is 1. The van der Waals surface area contributed by atoms with Crippen LogP contribution in [0.15, 0.2) is 52.3 Å². The smallest absolute Gasteiger partial charge is 0.243 e. The first-order valence-electron chi connectivity index (χ1n) is 10.7. The lowest BCUT2D eigenvalue weighted by atomic mass is 9.92. The summed E-state index contributed by atoms with van der Waals surface area (Å²) >= 11 is 1.59. The van der Waals surface area contributed by atoms with Gasteiger partial charge in [0.25, 0.3) is 0 Å². The van der Waals surface area contributed by atoms with E-state index < -0.39 is 10.0 Å². The first-order chi connectivity index (χ1) is 15.0. The number of carbonyl (C=O) groups excluding carboxylic acids is 1. The van der Waals surface area contributed by atoms with Crippen molar-refractivity contribution in [3.05, 3.63) is 53.6 Å². The van der Waals surface area contributed by atoms with Gasteiger partial charge in [0.1, 0.15) is 0 Å². The zero-order valence-electron chi connectivity index (χ0n) is 17.8. The van der Waals surface area contributed by atoms with Gasteiger partial charge in [0, 0.05) is 31.1 Å². The van der Waals surface area contributed by atoms with Gasteiger partial charge in [-0.15, -0.1) is 11.8 Å². The third-order valence-electron chi connectivity index (χ3n) is 6.04. The third kappa shape index (κ3) is 5.14. The second-order valence-corrected chi connectivity index (χ2v) is 10.9. The largest absolute Gasteiger partial charge is 0.324 e. The summed E-state index contributed by atoms with van der Waals surface area (Å²) < 4.78 is 27.8. The van der Waals surface area contributed by atoms with Crippen molar-refractivity contribution >= 4 is 33.4 Å². The lowest BCUT2D eigenvalue weighted by Crippen LogP contribution is -2.50. The number of nitrogens with zero attached hydrogens (tertiary/aromatic N) is 2. The van der Waals surface area contributed by atoms with Crippen LogP contribution in [-0.2, 0) is 27.7 Å². The van der Waals surface area contributed by atoms with E-state index in [9.17, 15) is 13.2 Å². The fourth-order valence-electron chi connectivity index (χ4n) is 4.29. The predicted octanol–water partition coefficient (Wildman–Crippen LogP) is 3.23. The maximum Gasteiger partial charge on any atom is 0.243 e. The van der Waals surface area contributed by atoms with Crippen molar-refractivity contribution < 1.29 is 13.2 Å². The molecule has 0 spiro atoms. The van der Waals surface area contributed by atoms with Gasteiger partial charge in [0.05, 0.1) is 17.1 Å². The number of thioether (sulfide) groups is 1. The van der Waals surface area contributed by atoms with Crippen LogP contribution in [-0.4, -0.2) is 62.5 Å². The molecule has 0 radical (unpaired) electrons. The Morgan fingerprint density at radius 2 is 1.71 bits per heavy atom. The summed E-state index contributed by atoms with van der Waals surface area (Å²) in [4.78, 5) is 15.9. The number of aryl methyl sites for hydroxylation is 2. The highest BCUT2D eigenvalue weighted by Crippen LogP contribution is 2.27. The summed E-state index contributed by atoms with van der Waals surface area (Å²) in [6.07, 6.45) is 6.28. The molecule has 31 heavy (non-hydrogen) atoms. The van der Waals surface area contributed by atoms with E-state index in [2.05, 4.69) is 5.32 Å². The Hall–Kier alpha value is -1.87. The molecule has 1 fully saturated rings. The lowest BCUT2D eigenvalue weighted by Gasteiger charge is -2.33. The predicted molar refractivity (Wildman–Crippen MR) is 125 cm³/mol. The molecule has 8 heteroatoms. The van der Waals surface area contributed by atoms with Gasteiger partial charge in [0.2, 0.25) is 15.9 Å². The van der Waals surface area contributed by atoms with E-state index in [-0.39, 0.29) is 12.5 Å². The molecule has 166 valence electrons. The highest BCUT2D eigenvalue weighted by Gasteiger charge is 2.29. The highest BCUT2D eigenvalue weighted by molar-refractivity contribution is 7.98. The van der Waals surface area contributed by atoms with Gasteiger partial charge in [-0.3, -0.25) is 9.69 Å². The Balaban J connectivity index is 1.34. The average Bonchev–Trinajstić information content (AvgIpc) is 2.79. The van der Waals surface area contributed by atoms with Gasteiger partial charge in [-0.2, -0.15) is 4.31 Å². The normalized spacial score (nSPS) is 17.8. The summed E-state index contributed by atoms with van der Waals surface area (Å²) in [5.41, 5.74) is 3.27. The second-order valence-electron chi connectivity index (χ2n) is 8.07. The molecule has 0 atom stereocenters. The van der Waals surface area contributed by atoms with Crippen LogP contribution in [0, 0.1) is 0 Å². The Kier molecular flexibility index (Phi) is 7.01. The first-order valence-corrected chi connectivity index (χ1v) is 13.4. The molecule has 1 heterocycles. The van der Waals surface area contributed by atoms with E-state index >= 15 is 0 Å². The minimum Gasteiger partial charge on any atom is -0.324 e. The van der Waals surface area contributed by atoms with Gasteiger partial charge in [0.15, 0.2) is 0 Å². The summed E-state index contributed by atoms with van der Waals surface area (Å²) in [7, 11) is -3.50. The van der Waals surface area contributed by atoms with Crippen molar-refractivity contribution in [1.82, 2.24) is 9.21 Å². The Morgan fingerprint density at radius 1 is 1.00 bits per heavy atom. The molecular formula is C23H29N3O3S2. The fourth-order valence-corrected chi connectivity index (χ4v) is 6.32. The third-order valence-corrected chi connectivity index (χ3v) is 8.73. The molecule has 1 aliphatic heterocycles. The van der Waals surface area contributed by atoms with Crippen LogP contribution in [0.5, 0.6) is 0 Å². The van der Waals surface area contributed by atoms with Gasteiger partial charge >= 0.3 is 0 Å². The van der Waals surface area contributed by atoms with E-state index in [1.165, 1.54) is 17.5 Å². The molecule has 0 unspecified atom stereocenters. The summed E-state index contributed by atoms with van der Waals surface area (Å²) in [6, 6.07) is 13.3. The Morgan fingerprint density at radius 3 is 2.45 bits per heavy atom. The van der Waals surface area contributed by atoms with Crippen LogP contribution >= 0.6 is 11.8 Å². The van der Waals surface area contributed by atoms with Crippen molar-refractivity contribution in [1.29, 1.82) is 0 Å². The molecule has 1 amide bonds. The number of rotatable bonds is 6. The molecule has 1 N–H and O–H groups in total. The zero-order chi connectivity index (χ0) is 21.8. The van der Waals surface area contributed by atoms with Crippen molar-refractivity contribution in [2.45, 2.75) is 35.5 Å². The average molecular weight is 460 g/mol. The van der Waals surface area contributed by atoms with Gasteiger partial charge in [-0.1, -0.05) is 18.2 Å². The minimum absolute atomic E-state index is 0.0764. The minimum atomic E-state index is -3.50. The number of nitrogens with one attached hydrogen (secondary N) is 1. The number of fused-ring (bicyclic) bond motifs is 1. The number of sulfonamides is 1. The number of carbonyl (C=O) groups is 1. The fraction of sp³-hybridized carbons (Fsp3) is 0.435. The molecule has 0 bridgehead atoms. The topological polar surface area (TPSA) is 69.7 Å². The van der Waals surface area contributed by atoms with Crippen LogP contribution in [0.3, 0.4) is 0 Å². The summed E-state index contributed by atoms with van der Waals surface area (Å²) in [5.74, 6) is -0.0764. The van der Waals surface area contributed by atoms with Crippen LogP contribution in [0.2, 0.25) is 0 Å². The summed E-state index contributed by atoms with van der Waals surface area (Å²) in [5, 5.41) is 2.97. The zero-order valence-corrected chi connectivity index (χ0v) is 19.5. The molecule has 1 aliphatic carbocycles. The van der Waals surface area contributed by atoms with Gasteiger partial charge in [-0.05, 0) is 67.3 Å².